The van der Waals surface area contributed by atoms with Crippen LogP contribution in [0.5, 0.6) is 5.75 Å². The van der Waals surface area contributed by atoms with Crippen LogP contribution in [0.15, 0.2) is 18.2 Å². The number of carboxylic acid groups (broad SMARTS) is 1. The van der Waals surface area contributed by atoms with E-state index in [-0.39, 0.29) is 57.6 Å². The van der Waals surface area contributed by atoms with Gasteiger partial charge >= 0.3 is 11.9 Å². The average Bonchev–Trinajstić information content (AvgIpc) is 3.12. The number of carbonyl (C=O) groups is 2. The first-order valence-electron chi connectivity index (χ1n) is 12.5. The highest BCUT2D eigenvalue weighted by molar-refractivity contribution is 5.71. The second kappa shape index (κ2) is 13.8. The molecule has 1 aromatic carbocycles. The Labute approximate surface area is 206 Å². The van der Waals surface area contributed by atoms with Crippen molar-refractivity contribution >= 4 is 11.9 Å². The van der Waals surface area contributed by atoms with E-state index in [0.29, 0.717) is 30.6 Å². The van der Waals surface area contributed by atoms with Crippen molar-refractivity contribution in [3.05, 3.63) is 29.3 Å². The Morgan fingerprint density at radius 1 is 1.09 bits per heavy atom. The van der Waals surface area contributed by atoms with Crippen LogP contribution in [-0.2, 0) is 36.6 Å². The number of aliphatic hydroxyl groups is 2. The number of carbonyl (C=O) groups excluding carboxylic acids is 1. The highest BCUT2D eigenvalue weighted by Crippen LogP contribution is 2.48. The van der Waals surface area contributed by atoms with Crippen LogP contribution in [0.1, 0.15) is 43.7 Å². The number of rotatable bonds is 15. The van der Waals surface area contributed by atoms with Crippen molar-refractivity contribution in [2.75, 3.05) is 39.6 Å². The van der Waals surface area contributed by atoms with Gasteiger partial charge in [-0.15, -0.1) is 0 Å². The van der Waals surface area contributed by atoms with Crippen LogP contribution in [0.25, 0.3) is 0 Å². The first-order valence-corrected chi connectivity index (χ1v) is 12.5. The van der Waals surface area contributed by atoms with Crippen molar-refractivity contribution in [2.45, 2.75) is 57.7 Å². The molecule has 5 atom stereocenters. The lowest BCUT2D eigenvalue weighted by atomic mass is 9.73. The minimum absolute atomic E-state index is 0.0457. The van der Waals surface area contributed by atoms with Crippen molar-refractivity contribution in [3.8, 4) is 5.75 Å². The smallest absolute Gasteiger partial charge is 0.344 e. The third-order valence-corrected chi connectivity index (χ3v) is 6.93. The molecule has 3 N–H and O–H groups in total. The Morgan fingerprint density at radius 2 is 1.83 bits per heavy atom. The molecule has 0 heterocycles. The maximum atomic E-state index is 12.1. The molecule has 0 unspecified atom stereocenters. The molecule has 0 aliphatic heterocycles. The molecule has 35 heavy (non-hydrogen) atoms. The Kier molecular flexibility index (Phi) is 10.8. The van der Waals surface area contributed by atoms with Gasteiger partial charge in [-0.1, -0.05) is 12.1 Å². The van der Waals surface area contributed by atoms with Gasteiger partial charge in [-0.05, 0) is 74.0 Å². The van der Waals surface area contributed by atoms with Gasteiger partial charge in [-0.2, -0.15) is 0 Å². The Bertz CT molecular complexity index is 825. The number of hydrogen-bond donors (Lipinski definition) is 3. The maximum Gasteiger partial charge on any atom is 0.344 e. The van der Waals surface area contributed by atoms with Crippen LogP contribution in [-0.4, -0.2) is 79.1 Å². The summed E-state index contributed by atoms with van der Waals surface area (Å²) in [4.78, 5) is 22.5. The fourth-order valence-corrected chi connectivity index (χ4v) is 5.25. The molecule has 0 amide bonds. The van der Waals surface area contributed by atoms with E-state index in [4.69, 9.17) is 24.1 Å². The molecule has 1 aromatic rings. The molecule has 1 fully saturated rings. The molecule has 0 spiro atoms. The third-order valence-electron chi connectivity index (χ3n) is 6.93. The summed E-state index contributed by atoms with van der Waals surface area (Å²) in [6, 6.07) is 5.90. The predicted molar refractivity (Wildman–Crippen MR) is 126 cm³/mol. The van der Waals surface area contributed by atoms with Gasteiger partial charge in [0.1, 0.15) is 12.4 Å². The average molecular weight is 495 g/mol. The first-order chi connectivity index (χ1) is 16.8. The van der Waals surface area contributed by atoms with Crippen molar-refractivity contribution in [2.24, 2.45) is 17.8 Å². The second-order valence-corrected chi connectivity index (χ2v) is 9.50. The standard InChI is InChI=1S/C26H38O9/c1-17(27)5-6-20-21-13-18-3-2-4-24(22(18)14-19(21)15-23(20)28)35-16-26(31)34-12-11-33-10-9-32-8-7-25(29)30/h2-4,17,19-21,23,27-28H,5-16H2,1H3,(H,29,30)/t17-,19-,20+,21-,23+/m0/s1. The molecule has 2 aliphatic carbocycles. The summed E-state index contributed by atoms with van der Waals surface area (Å²) in [7, 11) is 0. The first kappa shape index (κ1) is 27.4. The topological polar surface area (TPSA) is 132 Å². The molecule has 9 nitrogen and oxygen atoms in total. The Hall–Kier alpha value is -2.20. The summed E-state index contributed by atoms with van der Waals surface area (Å²) < 4.78 is 21.4. The van der Waals surface area contributed by atoms with Crippen LogP contribution >= 0.6 is 0 Å². The maximum absolute atomic E-state index is 12.1. The number of aliphatic hydroxyl groups excluding tert-OH is 2. The van der Waals surface area contributed by atoms with E-state index in [1.165, 1.54) is 5.56 Å². The second-order valence-electron chi connectivity index (χ2n) is 9.50. The minimum Gasteiger partial charge on any atom is -0.482 e. The summed E-state index contributed by atoms with van der Waals surface area (Å²) in [5.41, 5.74) is 2.31. The molecule has 3 rings (SSSR count). The predicted octanol–water partition coefficient (Wildman–Crippen LogP) is 1.99. The number of benzene rings is 1. The SMILES string of the molecule is C[C@H](O)CC[C@@H]1[C@H]2Cc3cccc(OCC(=O)OCCOCCOCCC(=O)O)c3C[C@H]2C[C@H]1O. The van der Waals surface area contributed by atoms with E-state index >= 15 is 0 Å². The number of fused-ring (bicyclic) bond motifs is 2. The molecule has 2 aliphatic rings. The highest BCUT2D eigenvalue weighted by Gasteiger charge is 2.44. The zero-order chi connectivity index (χ0) is 25.2. The van der Waals surface area contributed by atoms with E-state index < -0.39 is 11.9 Å². The van der Waals surface area contributed by atoms with Crippen molar-refractivity contribution < 1.29 is 43.9 Å². The number of hydrogen-bond acceptors (Lipinski definition) is 8. The molecule has 0 aromatic heterocycles. The quantitative estimate of drug-likeness (QED) is 0.247. The van der Waals surface area contributed by atoms with Gasteiger partial charge in [0.05, 0.1) is 45.1 Å². The lowest BCUT2D eigenvalue weighted by molar-refractivity contribution is -0.147. The van der Waals surface area contributed by atoms with Crippen LogP contribution < -0.4 is 4.74 Å². The lowest BCUT2D eigenvalue weighted by Crippen LogP contribution is -2.28. The molecule has 0 saturated heterocycles. The molecule has 196 valence electrons. The summed E-state index contributed by atoms with van der Waals surface area (Å²) in [5, 5.41) is 28.8. The molecule has 0 radical (unpaired) electrons. The normalized spacial score (nSPS) is 23.9. The zero-order valence-electron chi connectivity index (χ0n) is 20.4. The summed E-state index contributed by atoms with van der Waals surface area (Å²) in [6.45, 7) is 2.63. The molecule has 0 bridgehead atoms. The van der Waals surface area contributed by atoms with Gasteiger partial charge in [0.25, 0.3) is 0 Å². The van der Waals surface area contributed by atoms with Gasteiger partial charge in [0.15, 0.2) is 6.61 Å². The number of aliphatic carboxylic acids is 1. The van der Waals surface area contributed by atoms with Crippen molar-refractivity contribution in [1.82, 2.24) is 0 Å². The number of ether oxygens (including phenoxy) is 4. The summed E-state index contributed by atoms with van der Waals surface area (Å²) in [5.74, 6) is 0.287. The molecular weight excluding hydrogens is 456 g/mol. The van der Waals surface area contributed by atoms with E-state index in [2.05, 4.69) is 6.07 Å². The van der Waals surface area contributed by atoms with Crippen molar-refractivity contribution in [1.29, 1.82) is 0 Å². The fraction of sp³-hybridized carbons (Fsp3) is 0.692. The monoisotopic (exact) mass is 494 g/mol. The lowest BCUT2D eigenvalue weighted by Gasteiger charge is -2.32. The van der Waals surface area contributed by atoms with Crippen molar-refractivity contribution in [3.63, 3.8) is 0 Å². The summed E-state index contributed by atoms with van der Waals surface area (Å²) >= 11 is 0. The summed E-state index contributed by atoms with van der Waals surface area (Å²) in [6.07, 6.45) is 3.25. The van der Waals surface area contributed by atoms with E-state index in [0.717, 1.165) is 31.2 Å². The van der Waals surface area contributed by atoms with Gasteiger partial charge in [0.2, 0.25) is 0 Å². The van der Waals surface area contributed by atoms with Crippen LogP contribution in [0.4, 0.5) is 0 Å². The Balaban J connectivity index is 1.39. The van der Waals surface area contributed by atoms with Gasteiger partial charge in [-0.3, -0.25) is 4.79 Å². The largest absolute Gasteiger partial charge is 0.482 e. The van der Waals surface area contributed by atoms with Crippen LogP contribution in [0, 0.1) is 17.8 Å². The molecule has 9 heteroatoms. The fourth-order valence-electron chi connectivity index (χ4n) is 5.25. The number of esters is 1. The van der Waals surface area contributed by atoms with Gasteiger partial charge in [-0.25, -0.2) is 4.79 Å². The third kappa shape index (κ3) is 8.45. The Morgan fingerprint density at radius 3 is 2.57 bits per heavy atom. The molecular formula is C26H38O9. The molecule has 1 saturated carbocycles. The minimum atomic E-state index is -0.907. The zero-order valence-corrected chi connectivity index (χ0v) is 20.4. The van der Waals surface area contributed by atoms with Gasteiger partial charge < -0.3 is 34.3 Å². The van der Waals surface area contributed by atoms with E-state index in [1.54, 1.807) is 6.92 Å². The highest BCUT2D eigenvalue weighted by atomic mass is 16.6. The van der Waals surface area contributed by atoms with Crippen LogP contribution in [0.3, 0.4) is 0 Å². The van der Waals surface area contributed by atoms with E-state index in [9.17, 15) is 19.8 Å². The van der Waals surface area contributed by atoms with E-state index in [1.807, 2.05) is 12.1 Å². The number of carboxylic acids is 1. The van der Waals surface area contributed by atoms with Crippen LogP contribution in [0.2, 0.25) is 0 Å². The van der Waals surface area contributed by atoms with Gasteiger partial charge in [0, 0.05) is 0 Å².